The number of rotatable bonds is 5. The summed E-state index contributed by atoms with van der Waals surface area (Å²) in [6.07, 6.45) is 3.56. The van der Waals surface area contributed by atoms with Crippen LogP contribution < -0.4 is 10.9 Å². The van der Waals surface area contributed by atoms with Crippen LogP contribution in [0.5, 0.6) is 0 Å². The van der Waals surface area contributed by atoms with Crippen molar-refractivity contribution >= 4 is 28.0 Å². The van der Waals surface area contributed by atoms with E-state index < -0.39 is 0 Å². The van der Waals surface area contributed by atoms with E-state index in [9.17, 15) is 9.59 Å². The molecule has 3 aromatic rings. The Kier molecular flexibility index (Phi) is 4.43. The molecule has 0 bridgehead atoms. The lowest BCUT2D eigenvalue weighted by molar-refractivity contribution is 0.102. The lowest BCUT2D eigenvalue weighted by atomic mass is 10.1. The second kappa shape index (κ2) is 6.52. The van der Waals surface area contributed by atoms with Crippen molar-refractivity contribution in [3.8, 4) is 0 Å². The van der Waals surface area contributed by atoms with E-state index in [-0.39, 0.29) is 11.5 Å². The van der Waals surface area contributed by atoms with E-state index >= 15 is 0 Å². The van der Waals surface area contributed by atoms with Gasteiger partial charge in [-0.3, -0.25) is 20.0 Å². The lowest BCUT2D eigenvalue weighted by Crippen LogP contribution is -2.16. The first-order chi connectivity index (χ1) is 11.5. The van der Waals surface area contributed by atoms with Gasteiger partial charge in [0.1, 0.15) is 5.01 Å². The summed E-state index contributed by atoms with van der Waals surface area (Å²) in [6.45, 7) is 5.96. The van der Waals surface area contributed by atoms with Gasteiger partial charge >= 0.3 is 0 Å². The van der Waals surface area contributed by atoms with Gasteiger partial charge in [-0.25, -0.2) is 9.50 Å². The number of fused-ring (bicyclic) bond motifs is 1. The van der Waals surface area contributed by atoms with Crippen molar-refractivity contribution in [1.82, 2.24) is 24.8 Å². The number of nitrogens with one attached hydrogen (secondary N) is 2. The smallest absolute Gasteiger partial charge is 0.266 e. The zero-order chi connectivity index (χ0) is 17.3. The molecule has 0 spiro atoms. The minimum Gasteiger partial charge on any atom is -0.296 e. The molecule has 0 aliphatic carbocycles. The number of carbonyl (C=O) groups excluding carboxylic acids is 1. The fourth-order valence-electron chi connectivity index (χ4n) is 2.50. The molecule has 0 aliphatic rings. The second-order valence-electron chi connectivity index (χ2n) is 5.66. The first-order valence-electron chi connectivity index (χ1n) is 7.71. The number of aromatic nitrogens is 5. The van der Waals surface area contributed by atoms with E-state index in [4.69, 9.17) is 0 Å². The second-order valence-corrected chi connectivity index (χ2v) is 6.67. The highest BCUT2D eigenvalue weighted by atomic mass is 32.1. The van der Waals surface area contributed by atoms with Gasteiger partial charge in [0.25, 0.3) is 11.5 Å². The average molecular weight is 346 g/mol. The molecule has 0 radical (unpaired) electrons. The van der Waals surface area contributed by atoms with Crippen LogP contribution in [-0.4, -0.2) is 30.7 Å². The first kappa shape index (κ1) is 16.3. The number of aryl methyl sites for hydroxylation is 1. The van der Waals surface area contributed by atoms with Crippen LogP contribution in [0.15, 0.2) is 17.1 Å². The fraction of sp³-hybridized carbons (Fsp3) is 0.400. The normalized spacial score (nSPS) is 12.5. The van der Waals surface area contributed by atoms with E-state index in [0.717, 1.165) is 17.8 Å². The lowest BCUT2D eigenvalue weighted by Gasteiger charge is -2.07. The largest absolute Gasteiger partial charge is 0.296 e. The molecule has 0 fully saturated rings. The molecule has 0 saturated carbocycles. The standard InChI is InChI=1S/C15H18N6O2S/c1-4-5-8(2)14-18-19-15(24-14)17-13(23)10-7-16-11-6-12(22)20-21(11)9(10)3/h6-8H,4-5H2,1-3H3,(H,20,22)(H,17,19,23). The molecule has 1 amide bonds. The van der Waals surface area contributed by atoms with Crippen LogP contribution in [0.2, 0.25) is 0 Å². The number of hydrogen-bond acceptors (Lipinski definition) is 6. The minimum absolute atomic E-state index is 0.262. The molecule has 3 rings (SSSR count). The van der Waals surface area contributed by atoms with Crippen molar-refractivity contribution < 1.29 is 4.79 Å². The summed E-state index contributed by atoms with van der Waals surface area (Å²) < 4.78 is 1.49. The Morgan fingerprint density at radius 2 is 2.25 bits per heavy atom. The van der Waals surface area contributed by atoms with Crippen molar-refractivity contribution in [1.29, 1.82) is 0 Å². The van der Waals surface area contributed by atoms with Crippen LogP contribution in [-0.2, 0) is 0 Å². The molecule has 1 unspecified atom stereocenters. The molecule has 0 aliphatic heterocycles. The Morgan fingerprint density at radius 1 is 1.46 bits per heavy atom. The predicted molar refractivity (Wildman–Crippen MR) is 91.7 cm³/mol. The molecular weight excluding hydrogens is 328 g/mol. The Bertz CT molecular complexity index is 941. The molecule has 3 aromatic heterocycles. The molecule has 0 saturated heterocycles. The van der Waals surface area contributed by atoms with Crippen LogP contribution >= 0.6 is 11.3 Å². The van der Waals surface area contributed by atoms with Crippen LogP contribution in [0.3, 0.4) is 0 Å². The van der Waals surface area contributed by atoms with Gasteiger partial charge in [-0.2, -0.15) is 0 Å². The third-order valence-electron chi connectivity index (χ3n) is 3.81. The number of amides is 1. The van der Waals surface area contributed by atoms with Crippen molar-refractivity contribution in [3.63, 3.8) is 0 Å². The molecule has 9 heteroatoms. The van der Waals surface area contributed by atoms with Gasteiger partial charge in [-0.15, -0.1) is 10.2 Å². The Hall–Kier alpha value is -2.55. The fourth-order valence-corrected chi connectivity index (χ4v) is 3.33. The zero-order valence-electron chi connectivity index (χ0n) is 13.7. The number of nitrogens with zero attached hydrogens (tertiary/aromatic N) is 4. The molecule has 126 valence electrons. The number of hydrogen-bond donors (Lipinski definition) is 2. The van der Waals surface area contributed by atoms with E-state index in [2.05, 4.69) is 39.4 Å². The van der Waals surface area contributed by atoms with Gasteiger partial charge in [-0.1, -0.05) is 31.6 Å². The van der Waals surface area contributed by atoms with Crippen molar-refractivity contribution in [3.05, 3.63) is 38.9 Å². The van der Waals surface area contributed by atoms with Gasteiger partial charge in [0.15, 0.2) is 5.65 Å². The highest BCUT2D eigenvalue weighted by Crippen LogP contribution is 2.26. The SMILES string of the molecule is CCCC(C)c1nnc(NC(=O)c2cnc3cc(=O)[nH]n3c2C)s1. The summed E-state index contributed by atoms with van der Waals surface area (Å²) in [7, 11) is 0. The first-order valence-corrected chi connectivity index (χ1v) is 8.53. The summed E-state index contributed by atoms with van der Waals surface area (Å²) in [5.74, 6) is -0.00912. The van der Waals surface area contributed by atoms with Crippen molar-refractivity contribution in [2.24, 2.45) is 0 Å². The molecule has 1 atom stereocenters. The molecular formula is C15H18N6O2S. The average Bonchev–Trinajstić information content (AvgIpc) is 3.14. The number of anilines is 1. The van der Waals surface area contributed by atoms with Crippen LogP contribution in [0, 0.1) is 6.92 Å². The summed E-state index contributed by atoms with van der Waals surface area (Å²) in [4.78, 5) is 28.0. The monoisotopic (exact) mass is 346 g/mol. The van der Waals surface area contributed by atoms with E-state index in [1.807, 2.05) is 0 Å². The highest BCUT2D eigenvalue weighted by molar-refractivity contribution is 7.15. The Labute approximate surface area is 141 Å². The number of carbonyl (C=O) groups is 1. The Balaban J connectivity index is 1.82. The molecule has 0 aromatic carbocycles. The topological polar surface area (TPSA) is 105 Å². The third-order valence-corrected chi connectivity index (χ3v) is 4.88. The van der Waals surface area contributed by atoms with E-state index in [1.54, 1.807) is 6.92 Å². The summed E-state index contributed by atoms with van der Waals surface area (Å²) in [6, 6.07) is 1.38. The predicted octanol–water partition coefficient (Wildman–Crippen LogP) is 2.34. The van der Waals surface area contributed by atoms with Crippen LogP contribution in [0.4, 0.5) is 5.13 Å². The maximum Gasteiger partial charge on any atom is 0.266 e. The van der Waals surface area contributed by atoms with Crippen molar-refractivity contribution in [2.75, 3.05) is 5.32 Å². The molecule has 24 heavy (non-hydrogen) atoms. The van der Waals surface area contributed by atoms with Gasteiger partial charge in [-0.05, 0) is 13.3 Å². The zero-order valence-corrected chi connectivity index (χ0v) is 14.5. The van der Waals surface area contributed by atoms with Crippen molar-refractivity contribution in [2.45, 2.75) is 39.5 Å². The van der Waals surface area contributed by atoms with Gasteiger partial charge < -0.3 is 0 Å². The van der Waals surface area contributed by atoms with E-state index in [0.29, 0.717) is 28.0 Å². The van der Waals surface area contributed by atoms with E-state index in [1.165, 1.54) is 28.1 Å². The maximum atomic E-state index is 12.5. The molecule has 3 heterocycles. The van der Waals surface area contributed by atoms with Gasteiger partial charge in [0.05, 0.1) is 11.3 Å². The van der Waals surface area contributed by atoms with Gasteiger partial charge in [0, 0.05) is 18.2 Å². The number of H-pyrrole nitrogens is 1. The minimum atomic E-state index is -0.331. The summed E-state index contributed by atoms with van der Waals surface area (Å²) in [5.41, 5.74) is 1.18. The summed E-state index contributed by atoms with van der Waals surface area (Å²) in [5, 5.41) is 14.9. The van der Waals surface area contributed by atoms with Gasteiger partial charge in [0.2, 0.25) is 5.13 Å². The molecule has 2 N–H and O–H groups in total. The number of aromatic amines is 1. The van der Waals surface area contributed by atoms with Crippen LogP contribution in [0.1, 0.15) is 53.7 Å². The third kappa shape index (κ3) is 3.07. The maximum absolute atomic E-state index is 12.5. The quantitative estimate of drug-likeness (QED) is 0.738. The van der Waals surface area contributed by atoms with Crippen LogP contribution in [0.25, 0.3) is 5.65 Å². The Morgan fingerprint density at radius 3 is 3.00 bits per heavy atom. The summed E-state index contributed by atoms with van der Waals surface area (Å²) >= 11 is 1.38. The highest BCUT2D eigenvalue weighted by Gasteiger charge is 2.17. The molecule has 8 nitrogen and oxygen atoms in total.